The van der Waals surface area contributed by atoms with Crippen molar-refractivity contribution in [3.05, 3.63) is 28.8 Å². The van der Waals surface area contributed by atoms with Gasteiger partial charge in [-0.3, -0.25) is 4.79 Å². The number of Topliss-reactive ketones (excluding diaryl/α,β-unsaturated/α-hetero) is 1. The summed E-state index contributed by atoms with van der Waals surface area (Å²) in [7, 11) is 0. The van der Waals surface area contributed by atoms with Gasteiger partial charge in [0.1, 0.15) is 5.75 Å². The Balaban J connectivity index is 3.28. The van der Waals surface area contributed by atoms with Gasteiger partial charge in [-0.25, -0.2) is 0 Å². The number of rotatable bonds is 1. The largest absolute Gasteiger partial charge is 0.507 e. The van der Waals surface area contributed by atoms with E-state index < -0.39 is 5.41 Å². The molecule has 0 saturated heterocycles. The second kappa shape index (κ2) is 3.69. The van der Waals surface area contributed by atoms with Crippen molar-refractivity contribution in [2.75, 3.05) is 0 Å². The zero-order valence-corrected chi connectivity index (χ0v) is 10.0. The van der Waals surface area contributed by atoms with Crippen molar-refractivity contribution in [3.8, 4) is 5.75 Å². The first kappa shape index (κ1) is 11.8. The van der Waals surface area contributed by atoms with Crippen molar-refractivity contribution < 1.29 is 9.90 Å². The Labute approximate surface area is 90.9 Å². The predicted molar refractivity (Wildman–Crippen MR) is 61.4 cm³/mol. The summed E-state index contributed by atoms with van der Waals surface area (Å²) in [5.41, 5.74) is 1.99. The van der Waals surface area contributed by atoms with Crippen LogP contribution in [0.25, 0.3) is 0 Å². The van der Waals surface area contributed by atoms with E-state index in [0.29, 0.717) is 5.56 Å². The van der Waals surface area contributed by atoms with E-state index in [2.05, 4.69) is 0 Å². The van der Waals surface area contributed by atoms with E-state index in [9.17, 15) is 9.90 Å². The first-order valence-electron chi connectivity index (χ1n) is 5.08. The lowest BCUT2D eigenvalue weighted by molar-refractivity contribution is 0.0855. The van der Waals surface area contributed by atoms with Crippen LogP contribution in [0.3, 0.4) is 0 Å². The number of benzene rings is 1. The lowest BCUT2D eigenvalue weighted by Gasteiger charge is -2.18. The SMILES string of the molecule is Cc1cc(O)c(C(=O)C(C)(C)C)cc1C. The monoisotopic (exact) mass is 206 g/mol. The standard InChI is InChI=1S/C13H18O2/c1-8-6-10(11(14)7-9(8)2)12(15)13(3,4)5/h6-7,14H,1-5H3. The maximum Gasteiger partial charge on any atom is 0.171 e. The molecule has 1 rings (SSSR count). The third kappa shape index (κ3) is 2.38. The molecule has 0 radical (unpaired) electrons. The molecule has 82 valence electrons. The molecule has 0 fully saturated rings. The van der Waals surface area contributed by atoms with Crippen molar-refractivity contribution >= 4 is 5.78 Å². The quantitative estimate of drug-likeness (QED) is 0.716. The van der Waals surface area contributed by atoms with Crippen LogP contribution in [0.1, 0.15) is 42.3 Å². The molecule has 0 aromatic heterocycles. The molecule has 0 heterocycles. The summed E-state index contributed by atoms with van der Waals surface area (Å²) in [5, 5.41) is 9.73. The van der Waals surface area contributed by atoms with E-state index in [1.807, 2.05) is 34.6 Å². The second-order valence-corrected chi connectivity index (χ2v) is 5.03. The molecule has 2 nitrogen and oxygen atoms in total. The minimum atomic E-state index is -0.459. The smallest absolute Gasteiger partial charge is 0.171 e. The molecule has 1 N–H and O–H groups in total. The van der Waals surface area contributed by atoms with E-state index >= 15 is 0 Å². The Morgan fingerprint density at radius 1 is 1.13 bits per heavy atom. The van der Waals surface area contributed by atoms with Crippen LogP contribution in [0.2, 0.25) is 0 Å². The fourth-order valence-corrected chi connectivity index (χ4v) is 1.39. The fourth-order valence-electron chi connectivity index (χ4n) is 1.39. The molecule has 0 aliphatic rings. The third-order valence-electron chi connectivity index (χ3n) is 2.54. The third-order valence-corrected chi connectivity index (χ3v) is 2.54. The van der Waals surface area contributed by atoms with E-state index in [1.54, 1.807) is 12.1 Å². The number of ketones is 1. The van der Waals surface area contributed by atoms with E-state index in [4.69, 9.17) is 0 Å². The molecule has 0 spiro atoms. The van der Waals surface area contributed by atoms with Gasteiger partial charge in [0, 0.05) is 5.41 Å². The van der Waals surface area contributed by atoms with Gasteiger partial charge in [-0.2, -0.15) is 0 Å². The van der Waals surface area contributed by atoms with Crippen LogP contribution in [-0.2, 0) is 0 Å². The number of hydrogen-bond donors (Lipinski definition) is 1. The molecular formula is C13H18O2. The van der Waals surface area contributed by atoms with E-state index in [0.717, 1.165) is 11.1 Å². The zero-order valence-electron chi connectivity index (χ0n) is 10.0. The van der Waals surface area contributed by atoms with E-state index in [1.165, 1.54) is 0 Å². The van der Waals surface area contributed by atoms with Crippen LogP contribution in [0.15, 0.2) is 12.1 Å². The van der Waals surface area contributed by atoms with Crippen molar-refractivity contribution in [1.29, 1.82) is 0 Å². The average Bonchev–Trinajstić information content (AvgIpc) is 2.08. The Morgan fingerprint density at radius 3 is 2.07 bits per heavy atom. The number of aromatic hydroxyl groups is 1. The molecule has 0 aliphatic carbocycles. The van der Waals surface area contributed by atoms with Gasteiger partial charge in [0.25, 0.3) is 0 Å². The van der Waals surface area contributed by atoms with Crippen molar-refractivity contribution in [2.45, 2.75) is 34.6 Å². The summed E-state index contributed by atoms with van der Waals surface area (Å²) in [5.74, 6) is 0.0566. The summed E-state index contributed by atoms with van der Waals surface area (Å²) in [6, 6.07) is 3.41. The van der Waals surface area contributed by atoms with Crippen molar-refractivity contribution in [3.63, 3.8) is 0 Å². The highest BCUT2D eigenvalue weighted by atomic mass is 16.3. The maximum atomic E-state index is 12.0. The maximum absolute atomic E-state index is 12.0. The molecule has 15 heavy (non-hydrogen) atoms. The molecule has 1 aromatic rings. The minimum absolute atomic E-state index is 0.0249. The number of phenolic OH excluding ortho intramolecular Hbond substituents is 1. The normalized spacial score (nSPS) is 11.5. The molecule has 0 bridgehead atoms. The van der Waals surface area contributed by atoms with Gasteiger partial charge in [0.15, 0.2) is 5.78 Å². The molecule has 0 atom stereocenters. The summed E-state index contributed by atoms with van der Waals surface area (Å²) in [6.45, 7) is 9.41. The number of hydrogen-bond acceptors (Lipinski definition) is 2. The van der Waals surface area contributed by atoms with Crippen LogP contribution < -0.4 is 0 Å². The molecule has 0 aliphatic heterocycles. The number of aryl methyl sites for hydroxylation is 2. The summed E-state index contributed by atoms with van der Waals surface area (Å²) in [4.78, 5) is 12.0. The topological polar surface area (TPSA) is 37.3 Å². The van der Waals surface area contributed by atoms with Crippen LogP contribution in [-0.4, -0.2) is 10.9 Å². The average molecular weight is 206 g/mol. The molecule has 2 heteroatoms. The summed E-state index contributed by atoms with van der Waals surface area (Å²) >= 11 is 0. The minimum Gasteiger partial charge on any atom is -0.507 e. The molecule has 0 unspecified atom stereocenters. The highest BCUT2D eigenvalue weighted by Gasteiger charge is 2.25. The summed E-state index contributed by atoms with van der Waals surface area (Å²) < 4.78 is 0. The lowest BCUT2D eigenvalue weighted by atomic mass is 9.85. The van der Waals surface area contributed by atoms with Crippen LogP contribution in [0.5, 0.6) is 5.75 Å². The second-order valence-electron chi connectivity index (χ2n) is 5.03. The molecule has 0 amide bonds. The zero-order chi connectivity index (χ0) is 11.8. The Hall–Kier alpha value is -1.31. The fraction of sp³-hybridized carbons (Fsp3) is 0.462. The van der Waals surface area contributed by atoms with Gasteiger partial charge < -0.3 is 5.11 Å². The first-order chi connectivity index (χ1) is 6.73. The molecular weight excluding hydrogens is 188 g/mol. The summed E-state index contributed by atoms with van der Waals surface area (Å²) in [6.07, 6.45) is 0. The van der Waals surface area contributed by atoms with Gasteiger partial charge in [-0.05, 0) is 37.1 Å². The number of carbonyl (C=O) groups is 1. The highest BCUT2D eigenvalue weighted by Crippen LogP contribution is 2.28. The Kier molecular flexibility index (Phi) is 2.89. The molecule has 0 saturated carbocycles. The number of carbonyl (C=O) groups excluding carboxylic acids is 1. The van der Waals surface area contributed by atoms with E-state index in [-0.39, 0.29) is 11.5 Å². The van der Waals surface area contributed by atoms with Crippen LogP contribution >= 0.6 is 0 Å². The Bertz CT molecular complexity index is 398. The molecule has 1 aromatic carbocycles. The van der Waals surface area contributed by atoms with Gasteiger partial charge in [0.05, 0.1) is 5.56 Å². The highest BCUT2D eigenvalue weighted by molar-refractivity contribution is 6.02. The van der Waals surface area contributed by atoms with Crippen LogP contribution in [0, 0.1) is 19.3 Å². The lowest BCUT2D eigenvalue weighted by Crippen LogP contribution is -2.20. The van der Waals surface area contributed by atoms with Crippen LogP contribution in [0.4, 0.5) is 0 Å². The van der Waals surface area contributed by atoms with Gasteiger partial charge >= 0.3 is 0 Å². The number of phenols is 1. The predicted octanol–water partition coefficient (Wildman–Crippen LogP) is 3.24. The first-order valence-corrected chi connectivity index (χ1v) is 5.08. The van der Waals surface area contributed by atoms with Gasteiger partial charge in [-0.15, -0.1) is 0 Å². The van der Waals surface area contributed by atoms with Gasteiger partial charge in [0.2, 0.25) is 0 Å². The van der Waals surface area contributed by atoms with Gasteiger partial charge in [-0.1, -0.05) is 20.8 Å². The van der Waals surface area contributed by atoms with Crippen molar-refractivity contribution in [1.82, 2.24) is 0 Å². The van der Waals surface area contributed by atoms with Crippen molar-refractivity contribution in [2.24, 2.45) is 5.41 Å². The Morgan fingerprint density at radius 2 is 1.60 bits per heavy atom.